The van der Waals surface area contributed by atoms with Gasteiger partial charge < -0.3 is 19.1 Å². The summed E-state index contributed by atoms with van der Waals surface area (Å²) in [6, 6.07) is 12.7. The van der Waals surface area contributed by atoms with Crippen molar-refractivity contribution in [3.8, 4) is 11.5 Å². The average Bonchev–Trinajstić information content (AvgIpc) is 3.59. The number of amides is 1. The third kappa shape index (κ3) is 5.37. The first-order valence-electron chi connectivity index (χ1n) is 12.1. The van der Waals surface area contributed by atoms with E-state index in [4.69, 9.17) is 14.2 Å². The van der Waals surface area contributed by atoms with Gasteiger partial charge in [-0.1, -0.05) is 31.0 Å². The number of carbonyl (C=O) groups excluding carboxylic acids is 1. The van der Waals surface area contributed by atoms with Gasteiger partial charge >= 0.3 is 0 Å². The van der Waals surface area contributed by atoms with Gasteiger partial charge in [-0.2, -0.15) is 4.31 Å². The topological polar surface area (TPSA) is 85.4 Å². The van der Waals surface area contributed by atoms with Crippen molar-refractivity contribution < 1.29 is 27.4 Å². The van der Waals surface area contributed by atoms with Crippen LogP contribution in [0.2, 0.25) is 0 Å². The van der Waals surface area contributed by atoms with Crippen LogP contribution in [0.15, 0.2) is 53.4 Å². The second-order valence-electron chi connectivity index (χ2n) is 9.01. The normalized spacial score (nSPS) is 18.9. The van der Waals surface area contributed by atoms with Crippen molar-refractivity contribution in [1.82, 2.24) is 9.21 Å². The van der Waals surface area contributed by atoms with E-state index in [0.717, 1.165) is 42.6 Å². The third-order valence-corrected chi connectivity index (χ3v) is 8.66. The van der Waals surface area contributed by atoms with Gasteiger partial charge in [0.25, 0.3) is 0 Å². The lowest BCUT2D eigenvalue weighted by molar-refractivity contribution is -0.128. The summed E-state index contributed by atoms with van der Waals surface area (Å²) in [5, 5.41) is 0. The molecule has 0 N–H and O–H groups in total. The molecule has 0 radical (unpaired) electrons. The standard InChI is InChI=1S/C26H30N2O6S/c29-26(12-8-20-5-9-23(10-6-20)35(30,31)27-13-15-32-16-14-27)28(22-3-1-2-4-22)18-21-7-11-24-25(17-21)34-19-33-24/h5-12,17,22H,1-4,13-16,18-19H2/b12-8+. The molecule has 35 heavy (non-hydrogen) atoms. The molecule has 2 aromatic rings. The zero-order chi connectivity index (χ0) is 24.3. The van der Waals surface area contributed by atoms with E-state index in [2.05, 4.69) is 0 Å². The molecule has 0 unspecified atom stereocenters. The summed E-state index contributed by atoms with van der Waals surface area (Å²) in [6.45, 7) is 2.26. The van der Waals surface area contributed by atoms with Crippen LogP contribution in [0.3, 0.4) is 0 Å². The zero-order valence-electron chi connectivity index (χ0n) is 19.6. The van der Waals surface area contributed by atoms with Crippen LogP contribution in [0.25, 0.3) is 6.08 Å². The van der Waals surface area contributed by atoms with Gasteiger partial charge in [0.2, 0.25) is 22.7 Å². The first-order chi connectivity index (χ1) is 17.0. The average molecular weight is 499 g/mol. The highest BCUT2D eigenvalue weighted by Crippen LogP contribution is 2.34. The number of rotatable bonds is 7. The Morgan fingerprint density at radius 3 is 2.46 bits per heavy atom. The molecule has 9 heteroatoms. The highest BCUT2D eigenvalue weighted by Gasteiger charge is 2.27. The van der Waals surface area contributed by atoms with Gasteiger partial charge in [0, 0.05) is 31.8 Å². The number of benzene rings is 2. The fourth-order valence-corrected chi connectivity index (χ4v) is 6.20. The molecular formula is C26H30N2O6S. The van der Waals surface area contributed by atoms with E-state index in [-0.39, 0.29) is 23.6 Å². The lowest BCUT2D eigenvalue weighted by atomic mass is 10.1. The van der Waals surface area contributed by atoms with Gasteiger partial charge in [0.15, 0.2) is 11.5 Å². The van der Waals surface area contributed by atoms with Gasteiger partial charge in [-0.05, 0) is 54.3 Å². The first kappa shape index (κ1) is 23.8. The number of ether oxygens (including phenoxy) is 3. The van der Waals surface area contributed by atoms with Crippen LogP contribution in [0, 0.1) is 0 Å². The minimum atomic E-state index is -3.54. The summed E-state index contributed by atoms with van der Waals surface area (Å²) < 4.78 is 43.2. The van der Waals surface area contributed by atoms with Crippen molar-refractivity contribution in [3.63, 3.8) is 0 Å². The molecule has 0 bridgehead atoms. The van der Waals surface area contributed by atoms with Crippen LogP contribution < -0.4 is 9.47 Å². The van der Waals surface area contributed by atoms with Crippen molar-refractivity contribution in [3.05, 3.63) is 59.7 Å². The molecular weight excluding hydrogens is 468 g/mol. The molecule has 186 valence electrons. The molecule has 3 aliphatic rings. The first-order valence-corrected chi connectivity index (χ1v) is 13.5. The molecule has 2 aromatic carbocycles. The van der Waals surface area contributed by atoms with E-state index >= 15 is 0 Å². The number of hydrogen-bond acceptors (Lipinski definition) is 6. The number of fused-ring (bicyclic) bond motifs is 1. The van der Waals surface area contributed by atoms with Crippen LogP contribution in [0.4, 0.5) is 0 Å². The van der Waals surface area contributed by atoms with E-state index < -0.39 is 10.0 Å². The Kier molecular flexibility index (Phi) is 7.08. The molecule has 1 saturated carbocycles. The van der Waals surface area contributed by atoms with Crippen LogP contribution in [0.5, 0.6) is 11.5 Å². The van der Waals surface area contributed by atoms with Gasteiger partial charge in [-0.15, -0.1) is 0 Å². The molecule has 0 aromatic heterocycles. The number of sulfonamides is 1. The Hall–Kier alpha value is -2.88. The Labute approximate surface area is 206 Å². The van der Waals surface area contributed by atoms with Gasteiger partial charge in [0.05, 0.1) is 18.1 Å². The molecule has 1 amide bonds. The fraction of sp³-hybridized carbons (Fsp3) is 0.423. The summed E-state index contributed by atoms with van der Waals surface area (Å²) in [5.74, 6) is 1.38. The lowest BCUT2D eigenvalue weighted by Gasteiger charge is -2.28. The highest BCUT2D eigenvalue weighted by atomic mass is 32.2. The second kappa shape index (κ2) is 10.4. The maximum absolute atomic E-state index is 13.2. The molecule has 8 nitrogen and oxygen atoms in total. The molecule has 2 aliphatic heterocycles. The van der Waals surface area contributed by atoms with Crippen molar-refractivity contribution in [2.24, 2.45) is 0 Å². The predicted molar refractivity (Wildman–Crippen MR) is 130 cm³/mol. The molecule has 5 rings (SSSR count). The maximum atomic E-state index is 13.2. The van der Waals surface area contributed by atoms with Crippen molar-refractivity contribution >= 4 is 22.0 Å². The summed E-state index contributed by atoms with van der Waals surface area (Å²) in [5.41, 5.74) is 1.77. The Balaban J connectivity index is 1.28. The van der Waals surface area contributed by atoms with Crippen molar-refractivity contribution in [2.75, 3.05) is 33.1 Å². The summed E-state index contributed by atoms with van der Waals surface area (Å²) in [4.78, 5) is 15.4. The molecule has 0 spiro atoms. The summed E-state index contributed by atoms with van der Waals surface area (Å²) >= 11 is 0. The van der Waals surface area contributed by atoms with E-state index in [1.807, 2.05) is 23.1 Å². The van der Waals surface area contributed by atoms with Crippen molar-refractivity contribution in [2.45, 2.75) is 43.2 Å². The van der Waals surface area contributed by atoms with Crippen LogP contribution >= 0.6 is 0 Å². The second-order valence-corrected chi connectivity index (χ2v) is 10.9. The highest BCUT2D eigenvalue weighted by molar-refractivity contribution is 7.89. The Morgan fingerprint density at radius 2 is 1.71 bits per heavy atom. The van der Waals surface area contributed by atoms with E-state index in [1.54, 1.807) is 36.4 Å². The molecule has 0 atom stereocenters. The minimum absolute atomic E-state index is 0.0559. The quantitative estimate of drug-likeness (QED) is 0.544. The SMILES string of the molecule is O=C(/C=C/c1ccc(S(=O)(=O)N2CCOCC2)cc1)N(Cc1ccc2c(c1)OCO2)C1CCCC1. The van der Waals surface area contributed by atoms with E-state index in [1.165, 1.54) is 4.31 Å². The summed E-state index contributed by atoms with van der Waals surface area (Å²) in [6.07, 6.45) is 7.57. The molecule has 1 saturated heterocycles. The molecule has 1 aliphatic carbocycles. The van der Waals surface area contributed by atoms with Crippen molar-refractivity contribution in [1.29, 1.82) is 0 Å². The predicted octanol–water partition coefficient (Wildman–Crippen LogP) is 3.42. The molecule has 2 fully saturated rings. The van der Waals surface area contributed by atoms with Gasteiger partial charge in [-0.3, -0.25) is 4.79 Å². The fourth-order valence-electron chi connectivity index (χ4n) is 4.79. The van der Waals surface area contributed by atoms with Crippen LogP contribution in [-0.4, -0.2) is 62.7 Å². The number of hydrogen-bond donors (Lipinski definition) is 0. The minimum Gasteiger partial charge on any atom is -0.454 e. The van der Waals surface area contributed by atoms with E-state index in [0.29, 0.717) is 38.6 Å². The monoisotopic (exact) mass is 498 g/mol. The third-order valence-electron chi connectivity index (χ3n) is 6.74. The van der Waals surface area contributed by atoms with Gasteiger partial charge in [-0.25, -0.2) is 8.42 Å². The van der Waals surface area contributed by atoms with Crippen LogP contribution in [0.1, 0.15) is 36.8 Å². The number of carbonyl (C=O) groups is 1. The maximum Gasteiger partial charge on any atom is 0.247 e. The Bertz CT molecular complexity index is 1180. The smallest absolute Gasteiger partial charge is 0.247 e. The van der Waals surface area contributed by atoms with Gasteiger partial charge in [0.1, 0.15) is 0 Å². The number of morpholine rings is 1. The summed E-state index contributed by atoms with van der Waals surface area (Å²) in [7, 11) is -3.54. The zero-order valence-corrected chi connectivity index (χ0v) is 20.4. The largest absolute Gasteiger partial charge is 0.454 e. The lowest BCUT2D eigenvalue weighted by Crippen LogP contribution is -2.40. The van der Waals surface area contributed by atoms with Crippen LogP contribution in [-0.2, 0) is 26.1 Å². The van der Waals surface area contributed by atoms with E-state index in [9.17, 15) is 13.2 Å². The Morgan fingerprint density at radius 1 is 1.00 bits per heavy atom. The molecule has 2 heterocycles. The number of nitrogens with zero attached hydrogens (tertiary/aromatic N) is 2.